The fourth-order valence-electron chi connectivity index (χ4n) is 3.11. The third kappa shape index (κ3) is 4.23. The minimum absolute atomic E-state index is 0.0229. The molecular formula is C22H15ClO5S2. The van der Waals surface area contributed by atoms with E-state index in [4.69, 9.17) is 16.0 Å². The van der Waals surface area contributed by atoms with Crippen molar-refractivity contribution in [3.8, 4) is 11.1 Å². The fourth-order valence-corrected chi connectivity index (χ4v) is 5.92. The average Bonchev–Trinajstić information content (AvgIpc) is 3.16. The molecule has 0 spiro atoms. The highest BCUT2D eigenvalue weighted by molar-refractivity contribution is 7.94. The summed E-state index contributed by atoms with van der Waals surface area (Å²) in [6, 6.07) is 16.7. The van der Waals surface area contributed by atoms with Crippen molar-refractivity contribution in [3.63, 3.8) is 0 Å². The smallest absolute Gasteiger partial charge is 0.200 e. The van der Waals surface area contributed by atoms with E-state index in [0.29, 0.717) is 32.0 Å². The van der Waals surface area contributed by atoms with Crippen LogP contribution in [0.1, 0.15) is 5.56 Å². The van der Waals surface area contributed by atoms with Gasteiger partial charge in [0.2, 0.25) is 0 Å². The van der Waals surface area contributed by atoms with Crippen molar-refractivity contribution < 1.29 is 17.6 Å². The van der Waals surface area contributed by atoms with E-state index in [1.807, 2.05) is 0 Å². The van der Waals surface area contributed by atoms with Crippen molar-refractivity contribution in [1.82, 2.24) is 0 Å². The highest BCUT2D eigenvalue weighted by atomic mass is 35.5. The first-order valence-electron chi connectivity index (χ1n) is 8.93. The Bertz CT molecular complexity index is 1400. The van der Waals surface area contributed by atoms with Crippen molar-refractivity contribution in [2.24, 2.45) is 0 Å². The molecule has 0 N–H and O–H groups in total. The SMILES string of the molecule is O=C(Cc1ccc(-c2coc3ccccc3c2=O)cc1)CS(=O)(=O)c1ccc(Cl)s1. The van der Waals surface area contributed by atoms with Gasteiger partial charge < -0.3 is 4.42 Å². The Morgan fingerprint density at radius 2 is 1.73 bits per heavy atom. The molecule has 0 fully saturated rings. The first-order valence-corrected chi connectivity index (χ1v) is 11.8. The summed E-state index contributed by atoms with van der Waals surface area (Å²) in [6.07, 6.45) is 1.40. The summed E-state index contributed by atoms with van der Waals surface area (Å²) in [4.78, 5) is 25.0. The number of benzene rings is 2. The van der Waals surface area contributed by atoms with E-state index in [1.165, 1.54) is 18.4 Å². The minimum atomic E-state index is -3.71. The van der Waals surface area contributed by atoms with E-state index in [2.05, 4.69) is 0 Å². The monoisotopic (exact) mass is 458 g/mol. The molecule has 0 aliphatic carbocycles. The summed E-state index contributed by atoms with van der Waals surface area (Å²) in [6.45, 7) is 0. The maximum Gasteiger partial charge on any atom is 0.200 e. The Labute approximate surface area is 181 Å². The van der Waals surface area contributed by atoms with Gasteiger partial charge in [0.05, 0.1) is 15.3 Å². The van der Waals surface area contributed by atoms with Gasteiger partial charge in [-0.2, -0.15) is 0 Å². The van der Waals surface area contributed by atoms with Crippen LogP contribution in [-0.4, -0.2) is 20.0 Å². The Morgan fingerprint density at radius 3 is 2.43 bits per heavy atom. The fraction of sp³-hybridized carbons (Fsp3) is 0.0909. The van der Waals surface area contributed by atoms with Crippen LogP contribution in [-0.2, 0) is 21.1 Å². The van der Waals surface area contributed by atoms with Gasteiger partial charge >= 0.3 is 0 Å². The average molecular weight is 459 g/mol. The van der Waals surface area contributed by atoms with Gasteiger partial charge in [-0.25, -0.2) is 8.42 Å². The molecule has 152 valence electrons. The molecule has 0 unspecified atom stereocenters. The number of halogens is 1. The number of rotatable bonds is 6. The van der Waals surface area contributed by atoms with Gasteiger partial charge in [-0.15, -0.1) is 11.3 Å². The molecule has 0 aliphatic rings. The number of carbonyl (C=O) groups excluding carboxylic acids is 1. The molecule has 0 aliphatic heterocycles. The Balaban J connectivity index is 1.51. The molecule has 2 heterocycles. The predicted octanol–water partition coefficient (Wildman–Crippen LogP) is 4.76. The lowest BCUT2D eigenvalue weighted by molar-refractivity contribution is -0.116. The molecule has 0 atom stereocenters. The number of thiophene rings is 1. The standard InChI is InChI=1S/C22H15ClO5S2/c23-20-9-10-21(29-20)30(26,27)13-16(24)11-14-5-7-15(8-6-14)18-12-28-19-4-2-1-3-17(19)22(18)25/h1-10,12H,11,13H2. The first-order chi connectivity index (χ1) is 14.3. The van der Waals surface area contributed by atoms with E-state index < -0.39 is 21.4 Å². The van der Waals surface area contributed by atoms with Crippen molar-refractivity contribution >= 4 is 49.5 Å². The van der Waals surface area contributed by atoms with Gasteiger partial charge in [-0.1, -0.05) is 48.0 Å². The van der Waals surface area contributed by atoms with E-state index in [0.717, 1.165) is 11.3 Å². The van der Waals surface area contributed by atoms with Crippen LogP contribution in [0.4, 0.5) is 0 Å². The zero-order valence-electron chi connectivity index (χ0n) is 15.5. The molecule has 8 heteroatoms. The van der Waals surface area contributed by atoms with Crippen LogP contribution in [0.15, 0.2) is 80.3 Å². The second-order valence-electron chi connectivity index (χ2n) is 6.70. The molecule has 5 nitrogen and oxygen atoms in total. The summed E-state index contributed by atoms with van der Waals surface area (Å²) in [7, 11) is -3.71. The van der Waals surface area contributed by atoms with Gasteiger partial charge in [-0.3, -0.25) is 9.59 Å². The lowest BCUT2D eigenvalue weighted by Gasteiger charge is -2.05. The largest absolute Gasteiger partial charge is 0.463 e. The van der Waals surface area contributed by atoms with Gasteiger partial charge in [0, 0.05) is 6.42 Å². The summed E-state index contributed by atoms with van der Waals surface area (Å²) in [5.41, 5.74) is 2.12. The quantitative estimate of drug-likeness (QED) is 0.416. The van der Waals surface area contributed by atoms with Crippen LogP contribution in [0.2, 0.25) is 4.34 Å². The summed E-state index contributed by atoms with van der Waals surface area (Å²) in [5.74, 6) is -1.00. The summed E-state index contributed by atoms with van der Waals surface area (Å²) >= 11 is 6.71. The molecular weight excluding hydrogens is 444 g/mol. The van der Waals surface area contributed by atoms with Crippen LogP contribution in [0.3, 0.4) is 0 Å². The van der Waals surface area contributed by atoms with E-state index in [1.54, 1.807) is 48.5 Å². The molecule has 0 radical (unpaired) electrons. The topological polar surface area (TPSA) is 81.4 Å². The molecule has 0 saturated carbocycles. The van der Waals surface area contributed by atoms with Crippen molar-refractivity contribution in [2.75, 3.05) is 5.75 Å². The number of hydrogen-bond acceptors (Lipinski definition) is 6. The summed E-state index contributed by atoms with van der Waals surface area (Å²) in [5, 5.41) is 0.494. The maximum atomic E-state index is 12.7. The maximum absolute atomic E-state index is 12.7. The van der Waals surface area contributed by atoms with Gasteiger partial charge in [0.1, 0.15) is 21.8 Å². The van der Waals surface area contributed by atoms with Crippen LogP contribution < -0.4 is 5.43 Å². The Hall–Kier alpha value is -2.74. The van der Waals surface area contributed by atoms with E-state index in [9.17, 15) is 18.0 Å². The highest BCUT2D eigenvalue weighted by Crippen LogP contribution is 2.26. The molecule has 30 heavy (non-hydrogen) atoms. The summed E-state index contributed by atoms with van der Waals surface area (Å²) < 4.78 is 30.6. The van der Waals surface area contributed by atoms with Crippen molar-refractivity contribution in [1.29, 1.82) is 0 Å². The van der Waals surface area contributed by atoms with Crippen LogP contribution in [0.25, 0.3) is 22.1 Å². The van der Waals surface area contributed by atoms with Crippen LogP contribution in [0, 0.1) is 0 Å². The molecule has 2 aromatic carbocycles. The van der Waals surface area contributed by atoms with E-state index >= 15 is 0 Å². The van der Waals surface area contributed by atoms with Crippen LogP contribution >= 0.6 is 22.9 Å². The second kappa shape index (κ2) is 8.18. The number of hydrogen-bond donors (Lipinski definition) is 0. The number of sulfone groups is 1. The van der Waals surface area contributed by atoms with Crippen molar-refractivity contribution in [2.45, 2.75) is 10.6 Å². The zero-order valence-corrected chi connectivity index (χ0v) is 17.9. The number of para-hydroxylation sites is 1. The van der Waals surface area contributed by atoms with Gasteiger partial charge in [-0.05, 0) is 35.4 Å². The lowest BCUT2D eigenvalue weighted by atomic mass is 10.0. The second-order valence-corrected chi connectivity index (χ2v) is 10.6. The molecule has 0 saturated heterocycles. The minimum Gasteiger partial charge on any atom is -0.463 e. The lowest BCUT2D eigenvalue weighted by Crippen LogP contribution is -2.17. The van der Waals surface area contributed by atoms with Crippen LogP contribution in [0.5, 0.6) is 0 Å². The third-order valence-electron chi connectivity index (χ3n) is 4.55. The Kier molecular flexibility index (Phi) is 5.60. The number of carbonyl (C=O) groups is 1. The molecule has 4 aromatic rings. The molecule has 4 rings (SSSR count). The predicted molar refractivity (Wildman–Crippen MR) is 118 cm³/mol. The number of fused-ring (bicyclic) bond motifs is 1. The molecule has 2 aromatic heterocycles. The Morgan fingerprint density at radius 1 is 1.00 bits per heavy atom. The number of ketones is 1. The molecule has 0 bridgehead atoms. The van der Waals surface area contributed by atoms with E-state index in [-0.39, 0.29) is 16.1 Å². The van der Waals surface area contributed by atoms with Gasteiger partial charge in [0.25, 0.3) is 0 Å². The molecule has 0 amide bonds. The third-order valence-corrected chi connectivity index (χ3v) is 8.04. The van der Waals surface area contributed by atoms with Gasteiger partial charge in [0.15, 0.2) is 21.0 Å². The normalized spacial score (nSPS) is 11.6. The zero-order chi connectivity index (χ0) is 21.3. The highest BCUT2D eigenvalue weighted by Gasteiger charge is 2.21. The van der Waals surface area contributed by atoms with Crippen molar-refractivity contribution in [3.05, 3.63) is 87.0 Å². The first kappa shape index (κ1) is 20.5. The number of Topliss-reactive ketones (excluding diaryl/α,β-unsaturated/α-hetero) is 1.